The fourth-order valence-corrected chi connectivity index (χ4v) is 4.83. The fraction of sp³-hybridized carbons (Fsp3) is 0.300. The largest absolute Gasteiger partial charge is 0.496 e. The third kappa shape index (κ3) is 3.30. The minimum Gasteiger partial charge on any atom is -0.496 e. The van der Waals surface area contributed by atoms with Gasteiger partial charge in [-0.15, -0.1) is 11.3 Å². The normalized spacial score (nSPS) is 12.4. The minimum absolute atomic E-state index is 0.225. The number of nitrogens with zero attached hydrogens (tertiary/aromatic N) is 1. The lowest BCUT2D eigenvalue weighted by atomic mass is 9.97. The number of halogens is 1. The van der Waals surface area contributed by atoms with E-state index >= 15 is 0 Å². The Morgan fingerprint density at radius 1 is 1.37 bits per heavy atom. The molecule has 0 saturated heterocycles. The molecule has 140 valence electrons. The standard InChI is InChI=1S/C20H19BrN2O3S/c1-10-17-15(6-7-16-18(17)23-11(2)27-16)26-19(10)20(24)22-9-12-8-13(21)4-5-14(12)25-3/h4-5,8H,6-7,9H2,1-3H3,(H,22,24). The molecule has 0 saturated carbocycles. The maximum atomic E-state index is 12.8. The number of fused-ring (bicyclic) bond motifs is 3. The van der Waals surface area contributed by atoms with E-state index in [9.17, 15) is 4.79 Å². The zero-order valence-electron chi connectivity index (χ0n) is 15.3. The summed E-state index contributed by atoms with van der Waals surface area (Å²) in [6, 6.07) is 5.71. The van der Waals surface area contributed by atoms with Gasteiger partial charge in [0.05, 0.1) is 17.8 Å². The van der Waals surface area contributed by atoms with Crippen LogP contribution in [0.4, 0.5) is 0 Å². The molecular formula is C20H19BrN2O3S. The predicted molar refractivity (Wildman–Crippen MR) is 109 cm³/mol. The van der Waals surface area contributed by atoms with Gasteiger partial charge < -0.3 is 14.5 Å². The van der Waals surface area contributed by atoms with Crippen molar-refractivity contribution in [1.29, 1.82) is 0 Å². The molecule has 5 nitrogen and oxygen atoms in total. The summed E-state index contributed by atoms with van der Waals surface area (Å²) in [6.07, 6.45) is 1.72. The number of hydrogen-bond acceptors (Lipinski definition) is 5. The van der Waals surface area contributed by atoms with Gasteiger partial charge in [-0.25, -0.2) is 4.98 Å². The van der Waals surface area contributed by atoms with Crippen LogP contribution < -0.4 is 10.1 Å². The van der Waals surface area contributed by atoms with E-state index in [2.05, 4.69) is 26.2 Å². The van der Waals surface area contributed by atoms with Gasteiger partial charge in [-0.3, -0.25) is 4.79 Å². The highest BCUT2D eigenvalue weighted by Gasteiger charge is 2.29. The Morgan fingerprint density at radius 2 is 2.19 bits per heavy atom. The van der Waals surface area contributed by atoms with Crippen molar-refractivity contribution in [1.82, 2.24) is 10.3 Å². The molecule has 1 amide bonds. The summed E-state index contributed by atoms with van der Waals surface area (Å²) in [5, 5.41) is 3.99. The van der Waals surface area contributed by atoms with Crippen LogP contribution in [0.25, 0.3) is 11.3 Å². The molecule has 27 heavy (non-hydrogen) atoms. The van der Waals surface area contributed by atoms with E-state index in [0.29, 0.717) is 12.3 Å². The maximum absolute atomic E-state index is 12.8. The van der Waals surface area contributed by atoms with Crippen LogP contribution in [0, 0.1) is 13.8 Å². The number of aryl methyl sites for hydroxylation is 3. The van der Waals surface area contributed by atoms with Gasteiger partial charge in [-0.05, 0) is 38.5 Å². The number of nitrogens with one attached hydrogen (secondary N) is 1. The van der Waals surface area contributed by atoms with Crippen molar-refractivity contribution < 1.29 is 13.9 Å². The van der Waals surface area contributed by atoms with Crippen molar-refractivity contribution in [2.45, 2.75) is 33.2 Å². The molecular weight excluding hydrogens is 428 g/mol. The molecule has 4 rings (SSSR count). The molecule has 0 bridgehead atoms. The zero-order chi connectivity index (χ0) is 19.1. The number of aromatic nitrogens is 1. The summed E-state index contributed by atoms with van der Waals surface area (Å²) >= 11 is 5.17. The van der Waals surface area contributed by atoms with E-state index in [4.69, 9.17) is 9.15 Å². The number of methoxy groups -OCH3 is 1. The lowest BCUT2D eigenvalue weighted by Gasteiger charge is -2.10. The Hall–Kier alpha value is -2.12. The number of carbonyl (C=O) groups excluding carboxylic acids is 1. The van der Waals surface area contributed by atoms with Crippen LogP contribution in [-0.4, -0.2) is 18.0 Å². The third-order valence-corrected chi connectivity index (χ3v) is 6.25. The molecule has 3 aromatic rings. The van der Waals surface area contributed by atoms with Crippen LogP contribution in [0.1, 0.15) is 37.3 Å². The SMILES string of the molecule is COc1ccc(Br)cc1CNC(=O)c1oc2c(c1C)-c1nc(C)sc1CC2. The Kier molecular flexibility index (Phi) is 4.82. The monoisotopic (exact) mass is 446 g/mol. The van der Waals surface area contributed by atoms with E-state index in [1.165, 1.54) is 4.88 Å². The number of hydrogen-bond donors (Lipinski definition) is 1. The van der Waals surface area contributed by atoms with E-state index in [1.54, 1.807) is 18.4 Å². The second-order valence-corrected chi connectivity index (χ2v) is 8.70. The average Bonchev–Trinajstić information content (AvgIpc) is 3.19. The van der Waals surface area contributed by atoms with Crippen LogP contribution in [0.3, 0.4) is 0 Å². The molecule has 0 aliphatic heterocycles. The van der Waals surface area contributed by atoms with Gasteiger partial charge in [-0.1, -0.05) is 15.9 Å². The first-order valence-corrected chi connectivity index (χ1v) is 10.3. The van der Waals surface area contributed by atoms with Crippen LogP contribution in [0.2, 0.25) is 0 Å². The average molecular weight is 447 g/mol. The molecule has 2 aromatic heterocycles. The molecule has 0 atom stereocenters. The Balaban J connectivity index is 1.60. The summed E-state index contributed by atoms with van der Waals surface area (Å²) in [5.41, 5.74) is 3.72. The van der Waals surface area contributed by atoms with Crippen LogP contribution >= 0.6 is 27.3 Å². The van der Waals surface area contributed by atoms with Gasteiger partial charge in [0.2, 0.25) is 0 Å². The number of rotatable bonds is 4. The summed E-state index contributed by atoms with van der Waals surface area (Å²) in [7, 11) is 1.62. The van der Waals surface area contributed by atoms with Gasteiger partial charge in [0.15, 0.2) is 5.76 Å². The summed E-state index contributed by atoms with van der Waals surface area (Å²) in [5.74, 6) is 1.73. The highest BCUT2D eigenvalue weighted by molar-refractivity contribution is 9.10. The quantitative estimate of drug-likeness (QED) is 0.623. The first kappa shape index (κ1) is 18.3. The third-order valence-electron chi connectivity index (χ3n) is 4.73. The second-order valence-electron chi connectivity index (χ2n) is 6.50. The van der Waals surface area contributed by atoms with Crippen LogP contribution in [-0.2, 0) is 19.4 Å². The molecule has 0 unspecified atom stereocenters. The zero-order valence-corrected chi connectivity index (χ0v) is 17.7. The molecule has 7 heteroatoms. The van der Waals surface area contributed by atoms with E-state index in [-0.39, 0.29) is 5.91 Å². The fourth-order valence-electron chi connectivity index (χ4n) is 3.48. The summed E-state index contributed by atoms with van der Waals surface area (Å²) in [4.78, 5) is 18.7. The number of thiazole rings is 1. The molecule has 0 spiro atoms. The lowest BCUT2D eigenvalue weighted by Crippen LogP contribution is -2.23. The highest BCUT2D eigenvalue weighted by atomic mass is 79.9. The molecule has 1 aliphatic carbocycles. The minimum atomic E-state index is -0.225. The first-order valence-electron chi connectivity index (χ1n) is 8.67. The van der Waals surface area contributed by atoms with E-state index < -0.39 is 0 Å². The maximum Gasteiger partial charge on any atom is 0.287 e. The molecule has 2 heterocycles. The number of furan rings is 1. The highest BCUT2D eigenvalue weighted by Crippen LogP contribution is 2.40. The van der Waals surface area contributed by atoms with Gasteiger partial charge in [0.1, 0.15) is 11.5 Å². The van der Waals surface area contributed by atoms with E-state index in [1.807, 2.05) is 32.0 Å². The van der Waals surface area contributed by atoms with Gasteiger partial charge >= 0.3 is 0 Å². The van der Waals surface area contributed by atoms with Gasteiger partial charge in [0, 0.05) is 39.0 Å². The molecule has 1 N–H and O–H groups in total. The second kappa shape index (κ2) is 7.13. The topological polar surface area (TPSA) is 64.4 Å². The first-order chi connectivity index (χ1) is 13.0. The summed E-state index contributed by atoms with van der Waals surface area (Å²) in [6.45, 7) is 4.30. The van der Waals surface area contributed by atoms with E-state index in [0.717, 1.165) is 56.2 Å². The smallest absolute Gasteiger partial charge is 0.287 e. The Bertz CT molecular complexity index is 1040. The van der Waals surface area contributed by atoms with Crippen LogP contribution in [0.5, 0.6) is 5.75 Å². The van der Waals surface area contributed by atoms with Crippen molar-refractivity contribution in [2.24, 2.45) is 0 Å². The number of amides is 1. The molecule has 1 aliphatic rings. The molecule has 1 aromatic carbocycles. The Morgan fingerprint density at radius 3 is 2.96 bits per heavy atom. The number of ether oxygens (including phenoxy) is 1. The van der Waals surface area contributed by atoms with Crippen molar-refractivity contribution in [3.63, 3.8) is 0 Å². The lowest BCUT2D eigenvalue weighted by molar-refractivity contribution is 0.0920. The molecule has 0 radical (unpaired) electrons. The Labute approximate surface area is 169 Å². The predicted octanol–water partition coefficient (Wildman–Crippen LogP) is 4.82. The number of benzene rings is 1. The van der Waals surface area contributed by atoms with Crippen molar-refractivity contribution >= 4 is 33.2 Å². The van der Waals surface area contributed by atoms with Crippen molar-refractivity contribution in [2.75, 3.05) is 7.11 Å². The summed E-state index contributed by atoms with van der Waals surface area (Å²) < 4.78 is 12.2. The van der Waals surface area contributed by atoms with Gasteiger partial charge in [-0.2, -0.15) is 0 Å². The van der Waals surface area contributed by atoms with Gasteiger partial charge in [0.25, 0.3) is 5.91 Å². The van der Waals surface area contributed by atoms with Crippen LogP contribution in [0.15, 0.2) is 27.1 Å². The van der Waals surface area contributed by atoms with Crippen molar-refractivity contribution in [3.8, 4) is 17.0 Å². The molecule has 0 fully saturated rings. The van der Waals surface area contributed by atoms with Crippen molar-refractivity contribution in [3.05, 3.63) is 55.2 Å². The number of carbonyl (C=O) groups is 1.